The van der Waals surface area contributed by atoms with E-state index in [1.165, 1.54) is 138 Å². The van der Waals surface area contributed by atoms with Crippen molar-refractivity contribution < 1.29 is 0 Å². The van der Waals surface area contributed by atoms with Gasteiger partial charge in [-0.25, -0.2) is 0 Å². The Balaban J connectivity index is 1.06. The van der Waals surface area contributed by atoms with Gasteiger partial charge in [-0.05, 0) is 184 Å². The molecule has 5 heteroatoms. The van der Waals surface area contributed by atoms with E-state index in [-0.39, 0.29) is 28.4 Å². The third kappa shape index (κ3) is 8.70. The lowest BCUT2D eigenvalue weighted by Crippen LogP contribution is -2.61. The molecule has 12 aromatic carbocycles. The highest BCUT2D eigenvalue weighted by Gasteiger charge is 2.45. The summed E-state index contributed by atoms with van der Waals surface area (Å²) in [7, 11) is 0. The number of anilines is 6. The minimum Gasteiger partial charge on any atom is -0.311 e. The molecule has 14 aromatic rings. The zero-order valence-electron chi connectivity index (χ0n) is 53.4. The lowest BCUT2D eigenvalue weighted by Gasteiger charge is -2.45. The lowest BCUT2D eigenvalue weighted by atomic mass is 9.33. The second-order valence-corrected chi connectivity index (χ2v) is 29.5. The third-order valence-corrected chi connectivity index (χ3v) is 19.5. The second kappa shape index (κ2) is 19.5. The van der Waals surface area contributed by atoms with Gasteiger partial charge in [-0.2, -0.15) is 0 Å². The number of para-hydroxylation sites is 3. The van der Waals surface area contributed by atoms with Crippen LogP contribution in [0, 0.1) is 0 Å². The van der Waals surface area contributed by atoms with Crippen LogP contribution in [0.15, 0.2) is 237 Å². The van der Waals surface area contributed by atoms with Crippen LogP contribution >= 0.6 is 0 Å². The van der Waals surface area contributed by atoms with E-state index >= 15 is 0 Å². The second-order valence-electron chi connectivity index (χ2n) is 29.5. The minimum absolute atomic E-state index is 0.0911. The molecule has 0 amide bonds. The van der Waals surface area contributed by atoms with Crippen molar-refractivity contribution in [3.05, 3.63) is 259 Å². The number of hydrogen-bond donors (Lipinski definition) is 0. The Morgan fingerprint density at radius 3 is 1.09 bits per heavy atom. The summed E-state index contributed by atoms with van der Waals surface area (Å²) in [5, 5.41) is 9.84. The molecule has 0 spiro atoms. The van der Waals surface area contributed by atoms with E-state index in [0.717, 1.165) is 22.5 Å². The summed E-state index contributed by atoms with van der Waals surface area (Å²) in [5.74, 6) is 0. The molecule has 0 atom stereocenters. The molecule has 0 saturated carbocycles. The zero-order valence-corrected chi connectivity index (χ0v) is 53.4. The molecule has 0 N–H and O–H groups in total. The van der Waals surface area contributed by atoms with Crippen LogP contribution in [-0.4, -0.2) is 15.8 Å². The van der Waals surface area contributed by atoms with Gasteiger partial charge >= 0.3 is 0 Å². The zero-order chi connectivity index (χ0) is 61.2. The molecule has 89 heavy (non-hydrogen) atoms. The van der Waals surface area contributed by atoms with E-state index in [9.17, 15) is 0 Å². The van der Waals surface area contributed by atoms with Crippen LogP contribution in [0.5, 0.6) is 0 Å². The van der Waals surface area contributed by atoms with E-state index in [4.69, 9.17) is 0 Å². The van der Waals surface area contributed by atoms with Gasteiger partial charge in [0.05, 0.1) is 22.1 Å². The highest BCUT2D eigenvalue weighted by Crippen LogP contribution is 2.51. The van der Waals surface area contributed by atoms with Crippen LogP contribution in [0.2, 0.25) is 0 Å². The molecule has 0 aliphatic carbocycles. The van der Waals surface area contributed by atoms with Gasteiger partial charge in [-0.15, -0.1) is 0 Å². The molecule has 434 valence electrons. The number of rotatable bonds is 5. The largest absolute Gasteiger partial charge is 0.311 e. The monoisotopic (exact) mass is 1150 g/mol. The molecule has 0 saturated heterocycles. The van der Waals surface area contributed by atoms with Gasteiger partial charge in [-0.1, -0.05) is 229 Å². The van der Waals surface area contributed by atoms with Crippen molar-refractivity contribution in [1.82, 2.24) is 9.13 Å². The quantitative estimate of drug-likeness (QED) is 0.160. The maximum Gasteiger partial charge on any atom is 0.252 e. The van der Waals surface area contributed by atoms with Crippen molar-refractivity contribution in [3.8, 4) is 22.5 Å². The number of aromatic nitrogens is 2. The number of benzene rings is 12. The van der Waals surface area contributed by atoms with E-state index in [1.807, 2.05) is 0 Å². The fourth-order valence-electron chi connectivity index (χ4n) is 14.7. The molecular weight excluding hydrogens is 1080 g/mol. The van der Waals surface area contributed by atoms with Gasteiger partial charge < -0.3 is 18.9 Å². The summed E-state index contributed by atoms with van der Waals surface area (Å²) >= 11 is 0. The SMILES string of the molecule is CC(C)(C)c1cc(N2c3cc4ccccc4cc3B3c4cc5ccccc5cc4N(c4cc(C(C)(C)C)cc(C(C)(C)C)c4)c4cc(-c5ccc6c(c5)c5ccc7c8ccccc8n(-c8ccccc8)c7c5n6-c5ccccc5)cc2c43)cc(C(C)(C)C)c1. The molecule has 4 heterocycles. The first-order valence-corrected chi connectivity index (χ1v) is 31.9. The average molecular weight is 1150 g/mol. The Labute approximate surface area is 524 Å². The average Bonchev–Trinajstić information content (AvgIpc) is 1.46. The van der Waals surface area contributed by atoms with Crippen LogP contribution < -0.4 is 26.2 Å². The fraction of sp³-hybridized carbons (Fsp3) is 0.190. The first kappa shape index (κ1) is 54.8. The van der Waals surface area contributed by atoms with Crippen LogP contribution in [0.1, 0.15) is 105 Å². The number of nitrogens with zero attached hydrogens (tertiary/aromatic N) is 4. The molecule has 0 unspecified atom stereocenters. The van der Waals surface area contributed by atoms with Crippen molar-refractivity contribution in [2.24, 2.45) is 0 Å². The molecule has 0 fully saturated rings. The van der Waals surface area contributed by atoms with Crippen molar-refractivity contribution in [1.29, 1.82) is 0 Å². The minimum atomic E-state index is -0.114. The topological polar surface area (TPSA) is 16.3 Å². The number of hydrogen-bond acceptors (Lipinski definition) is 2. The third-order valence-electron chi connectivity index (χ3n) is 19.5. The Kier molecular flexibility index (Phi) is 12.0. The summed E-state index contributed by atoms with van der Waals surface area (Å²) < 4.78 is 5.01. The van der Waals surface area contributed by atoms with Crippen molar-refractivity contribution in [2.75, 3.05) is 9.80 Å². The van der Waals surface area contributed by atoms with Crippen molar-refractivity contribution in [2.45, 2.75) is 105 Å². The van der Waals surface area contributed by atoms with Crippen LogP contribution in [0.3, 0.4) is 0 Å². The van der Waals surface area contributed by atoms with Gasteiger partial charge in [0.25, 0.3) is 6.71 Å². The van der Waals surface area contributed by atoms with Crippen molar-refractivity contribution >= 4 is 122 Å². The predicted octanol–water partition coefficient (Wildman–Crippen LogP) is 21.1. The summed E-state index contributed by atoms with van der Waals surface area (Å²) in [4.78, 5) is 5.33. The first-order chi connectivity index (χ1) is 42.7. The normalized spacial score (nSPS) is 13.6. The van der Waals surface area contributed by atoms with Gasteiger partial charge in [0.15, 0.2) is 0 Å². The molecule has 0 bridgehead atoms. The lowest BCUT2D eigenvalue weighted by molar-refractivity contribution is 0.568. The summed E-state index contributed by atoms with van der Waals surface area (Å²) in [5.41, 5.74) is 25.3. The van der Waals surface area contributed by atoms with Gasteiger partial charge in [0.2, 0.25) is 0 Å². The highest BCUT2D eigenvalue weighted by molar-refractivity contribution is 7.00. The first-order valence-electron chi connectivity index (χ1n) is 31.9. The predicted molar refractivity (Wildman–Crippen MR) is 384 cm³/mol. The Morgan fingerprint density at radius 1 is 0.270 bits per heavy atom. The molecule has 16 rings (SSSR count). The molecule has 2 aliphatic heterocycles. The van der Waals surface area contributed by atoms with Gasteiger partial charge in [0, 0.05) is 67.0 Å². The molecule has 0 radical (unpaired) electrons. The fourth-order valence-corrected chi connectivity index (χ4v) is 14.7. The highest BCUT2D eigenvalue weighted by atomic mass is 15.2. The standard InChI is InChI=1S/C84H75BN4/c1-81(2,3)58-46-59(82(4,5)6)49-64(48-58)86-74-42-54-27-21-19-25-52(54)40-70(74)85-71-41-53-26-20-22-28-55(53)43-75(71)87(65-50-60(83(7,8)9)47-61(51-65)84(10,11)12)77-45-57(44-76(86)78(77)85)56-35-38-73-69(39-56)68-37-36-67-66-33-23-24-34-72(66)88(62-29-15-13-16-30-62)79(67)80(68)89(73)63-31-17-14-18-32-63/h13-51H,1-12H3. The smallest absolute Gasteiger partial charge is 0.252 e. The van der Waals surface area contributed by atoms with E-state index in [0.29, 0.717) is 0 Å². The Bertz CT molecular complexity index is 4990. The number of fused-ring (bicyclic) bond motifs is 13. The summed E-state index contributed by atoms with van der Waals surface area (Å²) in [6.07, 6.45) is 0. The van der Waals surface area contributed by atoms with Crippen LogP contribution in [-0.2, 0) is 21.7 Å². The Morgan fingerprint density at radius 2 is 0.652 bits per heavy atom. The molecular formula is C84H75BN4. The van der Waals surface area contributed by atoms with Gasteiger partial charge in [0.1, 0.15) is 0 Å². The maximum absolute atomic E-state index is 2.67. The maximum atomic E-state index is 2.67. The van der Waals surface area contributed by atoms with Crippen molar-refractivity contribution in [3.63, 3.8) is 0 Å². The van der Waals surface area contributed by atoms with E-state index in [2.05, 4.69) is 339 Å². The summed E-state index contributed by atoms with van der Waals surface area (Å²) in [6, 6.07) is 90.9. The van der Waals surface area contributed by atoms with Crippen LogP contribution in [0.25, 0.3) is 87.7 Å². The summed E-state index contributed by atoms with van der Waals surface area (Å²) in [6.45, 7) is 28.3. The van der Waals surface area contributed by atoms with Crippen LogP contribution in [0.4, 0.5) is 34.1 Å². The molecule has 2 aromatic heterocycles. The molecule has 2 aliphatic rings. The van der Waals surface area contributed by atoms with Gasteiger partial charge in [-0.3, -0.25) is 0 Å². The van der Waals surface area contributed by atoms with E-state index < -0.39 is 0 Å². The Hall–Kier alpha value is -9.58. The molecule has 4 nitrogen and oxygen atoms in total. The van der Waals surface area contributed by atoms with E-state index in [1.54, 1.807) is 0 Å².